The number of hydrogen-bond acceptors (Lipinski definition) is 16. The molecule has 1 aliphatic rings. The number of fused-ring (bicyclic) bond motifs is 1. The lowest BCUT2D eigenvalue weighted by Crippen LogP contribution is -2.12. The molecule has 0 aliphatic carbocycles. The Morgan fingerprint density at radius 1 is 0.571 bits per heavy atom. The van der Waals surface area contributed by atoms with E-state index in [1.54, 1.807) is 48.5 Å². The quantitative estimate of drug-likeness (QED) is 0.0325. The van der Waals surface area contributed by atoms with Crippen LogP contribution < -0.4 is 20.9 Å². The summed E-state index contributed by atoms with van der Waals surface area (Å²) in [6.45, 7) is 0.730. The minimum Gasteiger partial charge on any atom is -0.478 e. The summed E-state index contributed by atoms with van der Waals surface area (Å²) in [5.41, 5.74) is 4.24. The summed E-state index contributed by atoms with van der Waals surface area (Å²) in [4.78, 5) is 74.9. The van der Waals surface area contributed by atoms with Crippen LogP contribution >= 0.6 is 0 Å². The molecule has 5 aromatic rings. The van der Waals surface area contributed by atoms with Gasteiger partial charge in [-0.05, 0) is 65.7 Å². The zero-order chi connectivity index (χ0) is 40.1. The van der Waals surface area contributed by atoms with Gasteiger partial charge in [-0.3, -0.25) is 0 Å². The van der Waals surface area contributed by atoms with Crippen molar-refractivity contribution in [3.63, 3.8) is 0 Å². The van der Waals surface area contributed by atoms with Crippen molar-refractivity contribution in [2.75, 3.05) is 27.5 Å². The van der Waals surface area contributed by atoms with Crippen molar-refractivity contribution in [1.82, 2.24) is 0 Å². The van der Waals surface area contributed by atoms with Gasteiger partial charge in [0.15, 0.2) is 0 Å². The third-order valence-electron chi connectivity index (χ3n) is 7.36. The number of esters is 2. The molecule has 0 aromatic heterocycles. The molecule has 0 saturated heterocycles. The summed E-state index contributed by atoms with van der Waals surface area (Å²) in [6, 6.07) is 37.4. The molecule has 0 bridgehead atoms. The number of hydrogen-bond donors (Lipinski definition) is 3. The van der Waals surface area contributed by atoms with Crippen LogP contribution in [0.15, 0.2) is 148 Å². The highest BCUT2D eigenvalue weighted by atomic mass is 16.6. The molecule has 278 valence electrons. The highest BCUT2D eigenvalue weighted by Crippen LogP contribution is 2.29. The van der Waals surface area contributed by atoms with E-state index in [-0.39, 0.29) is 23.1 Å². The van der Waals surface area contributed by atoms with E-state index in [2.05, 4.69) is 35.8 Å². The van der Waals surface area contributed by atoms with Crippen molar-refractivity contribution in [2.45, 2.75) is 6.42 Å². The number of hydrazone groups is 4. The second-order valence-electron chi connectivity index (χ2n) is 10.8. The molecule has 0 amide bonds. The number of aromatic carboxylic acids is 1. The molecule has 0 spiro atoms. The van der Waals surface area contributed by atoms with E-state index in [9.17, 15) is 33.6 Å². The van der Waals surface area contributed by atoms with Gasteiger partial charge in [0.05, 0.1) is 34.7 Å². The first-order valence-corrected chi connectivity index (χ1v) is 16.1. The fourth-order valence-corrected chi connectivity index (χ4v) is 4.91. The molecule has 0 radical (unpaired) electrons. The predicted molar refractivity (Wildman–Crippen MR) is 201 cm³/mol. The van der Waals surface area contributed by atoms with Gasteiger partial charge < -0.3 is 20.5 Å². The molecule has 0 atom stereocenters. The summed E-state index contributed by atoms with van der Waals surface area (Å²) in [5, 5.41) is 30.2. The maximum absolute atomic E-state index is 11.0. The minimum atomic E-state index is -1.15. The van der Waals surface area contributed by atoms with Gasteiger partial charge >= 0.3 is 17.9 Å². The van der Waals surface area contributed by atoms with Crippen molar-refractivity contribution in [1.29, 1.82) is 0 Å². The molecule has 5 aromatic carbocycles. The number of cyclic esters (lactones) is 2. The van der Waals surface area contributed by atoms with Crippen LogP contribution in [0.4, 0.5) is 22.7 Å². The maximum atomic E-state index is 11.0. The first-order chi connectivity index (χ1) is 27.3. The number of isocyanates is 4. The van der Waals surface area contributed by atoms with Gasteiger partial charge in [0.1, 0.15) is 0 Å². The number of carboxylic acids is 1. The van der Waals surface area contributed by atoms with Gasteiger partial charge in [-0.1, -0.05) is 93.2 Å². The van der Waals surface area contributed by atoms with E-state index in [4.69, 9.17) is 5.11 Å². The third-order valence-corrected chi connectivity index (χ3v) is 7.36. The summed E-state index contributed by atoms with van der Waals surface area (Å²) >= 11 is 0. The van der Waals surface area contributed by atoms with E-state index in [0.29, 0.717) is 22.5 Å². The average Bonchev–Trinajstić information content (AvgIpc) is 3.51. The lowest BCUT2D eigenvalue weighted by molar-refractivity contribution is 0.0443. The van der Waals surface area contributed by atoms with Crippen LogP contribution in [-0.2, 0) is 30.3 Å². The molecular weight excluding hydrogens is 724 g/mol. The third kappa shape index (κ3) is 11.5. The standard InChI is InChI=1S/C17H10N6O4.C13H14N2.C9H4O5/c24-10-18-22(19-11-25)16-7-3-1-5-14(16)9-15-6-2-4-8-17(15)23(20-12-26)21-13-27;1-3-7-12(8-4-1)14-11-15-13-9-5-2-6-10-13;10-7(11)4-1-2-5-6(3-4)9(13)14-8(5)12/h1-8H,9H2;1-10,14-15H,11H2;1-3H,(H,10,11). The van der Waals surface area contributed by atoms with Crippen LogP contribution in [-0.4, -0.2) is 54.0 Å². The second-order valence-corrected chi connectivity index (χ2v) is 10.8. The van der Waals surface area contributed by atoms with Crippen molar-refractivity contribution in [3.8, 4) is 0 Å². The molecule has 3 N–H and O–H groups in total. The van der Waals surface area contributed by atoms with E-state index >= 15 is 0 Å². The maximum Gasteiger partial charge on any atom is 0.346 e. The molecule has 56 heavy (non-hydrogen) atoms. The van der Waals surface area contributed by atoms with Gasteiger partial charge in [-0.2, -0.15) is 0 Å². The number of benzene rings is 5. The van der Waals surface area contributed by atoms with Gasteiger partial charge in [0.25, 0.3) is 24.3 Å². The Labute approximate surface area is 317 Å². The molecule has 17 heteroatoms. The van der Waals surface area contributed by atoms with Gasteiger partial charge in [0.2, 0.25) is 0 Å². The lowest BCUT2D eigenvalue weighted by atomic mass is 10.0. The number of carboxylic acid groups (broad SMARTS) is 1. The zero-order valence-electron chi connectivity index (χ0n) is 28.9. The number of para-hydroxylation sites is 4. The fraction of sp³-hybridized carbons (Fsp3) is 0.0513. The number of nitrogens with zero attached hydrogens (tertiary/aromatic N) is 6. The number of ether oxygens (including phenoxy) is 1. The van der Waals surface area contributed by atoms with Crippen LogP contribution in [0.1, 0.15) is 42.2 Å². The van der Waals surface area contributed by atoms with Crippen LogP contribution in [0.2, 0.25) is 0 Å². The normalized spacial score (nSPS) is 10.3. The van der Waals surface area contributed by atoms with Crippen LogP contribution in [0.25, 0.3) is 0 Å². The second kappa shape index (κ2) is 21.1. The number of carbonyl (C=O) groups is 3. The van der Waals surface area contributed by atoms with E-state index in [0.717, 1.165) is 34.3 Å². The SMILES string of the molecule is O=C(O)c1ccc2c(c1)C(=O)OC2=O.O=C=NN(N=C=O)c1ccccc1Cc1ccccc1N(N=C=O)N=C=O.c1ccc(NCNc2ccccc2)cc1. The molecule has 0 unspecified atom stereocenters. The fourth-order valence-electron chi connectivity index (χ4n) is 4.91. The predicted octanol–water partition coefficient (Wildman–Crippen LogP) is 5.76. The molecule has 6 rings (SSSR count). The van der Waals surface area contributed by atoms with Crippen LogP contribution in [0, 0.1) is 0 Å². The van der Waals surface area contributed by atoms with E-state index < -0.39 is 17.9 Å². The van der Waals surface area contributed by atoms with Crippen LogP contribution in [0.3, 0.4) is 0 Å². The Balaban J connectivity index is 0.000000202. The molecule has 0 fully saturated rings. The Kier molecular flexibility index (Phi) is 15.1. The van der Waals surface area contributed by atoms with Crippen molar-refractivity contribution in [2.24, 2.45) is 20.4 Å². The van der Waals surface area contributed by atoms with E-state index in [1.807, 2.05) is 60.7 Å². The average molecular weight is 753 g/mol. The largest absolute Gasteiger partial charge is 0.478 e. The minimum absolute atomic E-state index is 0.00917. The van der Waals surface area contributed by atoms with Gasteiger partial charge in [0, 0.05) is 17.8 Å². The summed E-state index contributed by atoms with van der Waals surface area (Å²) in [6.07, 6.45) is 5.48. The van der Waals surface area contributed by atoms with Crippen molar-refractivity contribution < 1.29 is 43.4 Å². The summed E-state index contributed by atoms with van der Waals surface area (Å²) in [7, 11) is 0. The number of nitrogens with one attached hydrogen (secondary N) is 2. The lowest BCUT2D eigenvalue weighted by Gasteiger charge is -2.17. The Bertz CT molecular complexity index is 2210. The first-order valence-electron chi connectivity index (χ1n) is 16.1. The van der Waals surface area contributed by atoms with Crippen molar-refractivity contribution >= 4 is 65.0 Å². The number of rotatable bonds is 13. The highest BCUT2D eigenvalue weighted by Gasteiger charge is 2.30. The highest BCUT2D eigenvalue weighted by molar-refractivity contribution is 6.15. The smallest absolute Gasteiger partial charge is 0.346 e. The van der Waals surface area contributed by atoms with Gasteiger partial charge in [-0.25, -0.2) is 33.6 Å². The molecule has 1 aliphatic heterocycles. The molecular formula is C39H28N8O9. The van der Waals surface area contributed by atoms with Crippen molar-refractivity contribution in [3.05, 3.63) is 155 Å². The van der Waals surface area contributed by atoms with Crippen LogP contribution in [0.5, 0.6) is 0 Å². The topological polar surface area (TPSA) is 229 Å². The Morgan fingerprint density at radius 2 is 0.982 bits per heavy atom. The Morgan fingerprint density at radius 3 is 1.41 bits per heavy atom. The molecule has 0 saturated carbocycles. The van der Waals surface area contributed by atoms with Gasteiger partial charge in [-0.15, -0.1) is 10.2 Å². The molecule has 17 nitrogen and oxygen atoms in total. The summed E-state index contributed by atoms with van der Waals surface area (Å²) in [5.74, 6) is -2.69. The zero-order valence-corrected chi connectivity index (χ0v) is 28.9. The first kappa shape index (κ1) is 40.2. The number of carbonyl (C=O) groups excluding carboxylic acids is 6. The monoisotopic (exact) mass is 752 g/mol. The van der Waals surface area contributed by atoms with E-state index in [1.165, 1.54) is 36.5 Å². The summed E-state index contributed by atoms with van der Waals surface area (Å²) < 4.78 is 4.30. The number of anilines is 4. The molecule has 1 heterocycles. The Hall–Kier alpha value is -8.57.